The predicted molar refractivity (Wildman–Crippen MR) is 316 cm³/mol. The second-order valence-corrected chi connectivity index (χ2v) is 30.7. The quantitative estimate of drug-likeness (QED) is 0.0187. The summed E-state index contributed by atoms with van der Waals surface area (Å²) in [6.45, 7) is 27.5. The lowest BCUT2D eigenvalue weighted by Crippen LogP contribution is -2.54. The molecular weight excluding hydrogens is 1120 g/mol. The van der Waals surface area contributed by atoms with Gasteiger partial charge in [-0.15, -0.1) is 11.6 Å². The van der Waals surface area contributed by atoms with Crippen LogP contribution in [0, 0.1) is 16.2 Å². The second kappa shape index (κ2) is 28.2. The van der Waals surface area contributed by atoms with Gasteiger partial charge < -0.3 is 60.2 Å². The van der Waals surface area contributed by atoms with E-state index in [1.807, 2.05) is 6.92 Å². The Bertz CT molecular complexity index is 2780. The molecule has 7 rings (SSSR count). The average molecular weight is 1210 g/mol. The van der Waals surface area contributed by atoms with E-state index in [-0.39, 0.29) is 59.2 Å². The molecule has 2 atom stereocenters. The number of hydrogen-bond acceptors (Lipinski definition) is 19. The molecule has 3 saturated carbocycles. The van der Waals surface area contributed by atoms with Crippen LogP contribution < -0.4 is 27.8 Å². The maximum atomic E-state index is 14.8. The fourth-order valence-corrected chi connectivity index (χ4v) is 12.8. The number of fused-ring (bicyclic) bond motifs is 2. The van der Waals surface area contributed by atoms with E-state index in [9.17, 15) is 23.5 Å². The summed E-state index contributed by atoms with van der Waals surface area (Å²) in [6, 6.07) is 0. The third kappa shape index (κ3) is 21.6. The lowest BCUT2D eigenvalue weighted by Gasteiger charge is -2.38. The fraction of sp³-hybridized carbons (Fsp3) is 0.759. The summed E-state index contributed by atoms with van der Waals surface area (Å²) in [4.78, 5) is 79.6. The number of nitrogen functional groups attached to an aromatic ring is 2. The van der Waals surface area contributed by atoms with Gasteiger partial charge in [0.05, 0.1) is 38.0 Å². The van der Waals surface area contributed by atoms with Crippen molar-refractivity contribution < 1.29 is 57.0 Å². The molecule has 0 spiro atoms. The van der Waals surface area contributed by atoms with Crippen molar-refractivity contribution in [3.05, 3.63) is 25.3 Å². The summed E-state index contributed by atoms with van der Waals surface area (Å²) >= 11 is 5.88. The van der Waals surface area contributed by atoms with Crippen molar-refractivity contribution in [2.75, 3.05) is 24.2 Å². The third-order valence-electron chi connectivity index (χ3n) is 14.9. The van der Waals surface area contributed by atoms with Gasteiger partial charge in [-0.3, -0.25) is 23.5 Å². The smallest absolute Gasteiger partial charge is 0.350 e. The van der Waals surface area contributed by atoms with Crippen LogP contribution in [0.2, 0.25) is 0 Å². The molecule has 0 unspecified atom stereocenters. The van der Waals surface area contributed by atoms with Gasteiger partial charge in [0.1, 0.15) is 70.6 Å². The maximum absolute atomic E-state index is 14.8. The highest BCUT2D eigenvalue weighted by molar-refractivity contribution is 7.59. The first-order valence-electron chi connectivity index (χ1n) is 27.9. The number of ether oxygens (including phenoxy) is 5. The van der Waals surface area contributed by atoms with Crippen LogP contribution in [0.25, 0.3) is 22.3 Å². The molecule has 0 aliphatic heterocycles. The Balaban J connectivity index is 0.000000335. The first-order valence-corrected chi connectivity index (χ1v) is 31.9. The van der Waals surface area contributed by atoms with Gasteiger partial charge in [0.25, 0.3) is 0 Å². The van der Waals surface area contributed by atoms with Gasteiger partial charge in [0, 0.05) is 0 Å². The molecule has 4 aromatic heterocycles. The molecule has 0 aromatic carbocycles. The Morgan fingerprint density at radius 1 is 0.610 bits per heavy atom. The van der Waals surface area contributed by atoms with Crippen LogP contribution in [0.15, 0.2) is 25.3 Å². The molecule has 11 N–H and O–H groups in total. The number of alkyl halides is 1. The van der Waals surface area contributed by atoms with E-state index in [2.05, 4.69) is 81.6 Å². The summed E-state index contributed by atoms with van der Waals surface area (Å²) in [5, 5.41) is 6.07. The van der Waals surface area contributed by atoms with Crippen LogP contribution in [0.4, 0.5) is 11.6 Å². The summed E-state index contributed by atoms with van der Waals surface area (Å²) in [5.74, 6) is -0.756. The van der Waals surface area contributed by atoms with Crippen molar-refractivity contribution in [2.45, 2.75) is 234 Å². The van der Waals surface area contributed by atoms with Crippen LogP contribution in [-0.4, -0.2) is 126 Å². The van der Waals surface area contributed by atoms with E-state index in [0.29, 0.717) is 40.8 Å². The Morgan fingerprint density at radius 2 is 0.927 bits per heavy atom. The Morgan fingerprint density at radius 3 is 1.24 bits per heavy atom. The van der Waals surface area contributed by atoms with E-state index < -0.39 is 61.5 Å². The highest BCUT2D eigenvalue weighted by Gasteiger charge is 2.45. The Hall–Kier alpha value is -4.42. The number of aromatic nitrogens is 8. The second-order valence-electron chi connectivity index (χ2n) is 26.0. The van der Waals surface area contributed by atoms with Crippen molar-refractivity contribution in [1.82, 2.24) is 55.4 Å². The SMILES string of the molecule is CC1(C)CCC(OC(=O)C(C)(C)Cl)CC1.C[C@H](Cn1cnc2c(N)ncnc21)OCP(=O)(NC(C)(C)C(=O)OC1CCC(C)(C)CC1)NC(C)(C)C(=O)OC1CCC(C)(C)CC1.C[C@H](Cn1cnc2c(N)ncnc21)OCP(=O)(O)O.N. The summed E-state index contributed by atoms with van der Waals surface area (Å²) < 4.78 is 57.4. The molecule has 4 heterocycles. The molecule has 0 radical (unpaired) electrons. The molecule has 28 heteroatoms. The monoisotopic (exact) mass is 1210 g/mol. The lowest BCUT2D eigenvalue weighted by molar-refractivity contribution is -0.157. The number of nitrogens with zero attached hydrogens (tertiary/aromatic N) is 8. The molecule has 82 heavy (non-hydrogen) atoms. The van der Waals surface area contributed by atoms with Crippen LogP contribution in [0.5, 0.6) is 0 Å². The number of carbonyl (C=O) groups excluding carboxylic acids is 3. The van der Waals surface area contributed by atoms with Gasteiger partial charge in [-0.05, 0) is 149 Å². The van der Waals surface area contributed by atoms with Crippen LogP contribution in [-0.2, 0) is 60.3 Å². The average Bonchev–Trinajstić information content (AvgIpc) is 3.96. The van der Waals surface area contributed by atoms with Crippen molar-refractivity contribution in [3.63, 3.8) is 0 Å². The summed E-state index contributed by atoms with van der Waals surface area (Å²) in [5.41, 5.74) is 11.8. The zero-order valence-electron chi connectivity index (χ0n) is 50.7. The molecular formula is C54H94ClN13O12P2. The maximum Gasteiger partial charge on any atom is 0.350 e. The lowest BCUT2D eigenvalue weighted by atomic mass is 9.76. The number of nitrogens with two attached hydrogens (primary N) is 2. The molecule has 4 aromatic rings. The summed E-state index contributed by atoms with van der Waals surface area (Å²) in [6.07, 6.45) is 14.9. The van der Waals surface area contributed by atoms with Crippen LogP contribution in [0.1, 0.15) is 174 Å². The molecule has 0 bridgehead atoms. The highest BCUT2D eigenvalue weighted by atomic mass is 35.5. The van der Waals surface area contributed by atoms with Crippen LogP contribution in [0.3, 0.4) is 0 Å². The molecule has 464 valence electrons. The number of anilines is 2. The number of imidazole rings is 2. The van der Waals surface area contributed by atoms with Gasteiger partial charge in [-0.1, -0.05) is 41.5 Å². The zero-order chi connectivity index (χ0) is 60.6. The number of nitrogens with one attached hydrogen (secondary N) is 2. The number of halogens is 1. The van der Waals surface area contributed by atoms with Gasteiger partial charge >= 0.3 is 25.5 Å². The third-order valence-corrected chi connectivity index (χ3v) is 17.9. The first kappa shape index (κ1) is 70.1. The Kier molecular flexibility index (Phi) is 24.1. The Labute approximate surface area is 488 Å². The van der Waals surface area contributed by atoms with Crippen molar-refractivity contribution in [2.24, 2.45) is 16.2 Å². The van der Waals surface area contributed by atoms with E-state index in [4.69, 9.17) is 56.5 Å². The van der Waals surface area contributed by atoms with Gasteiger partial charge in [0.15, 0.2) is 22.9 Å². The highest BCUT2D eigenvalue weighted by Crippen LogP contribution is 2.44. The minimum Gasteiger partial charge on any atom is -0.461 e. The predicted octanol–water partition coefficient (Wildman–Crippen LogP) is 9.35. The number of rotatable bonds is 20. The van der Waals surface area contributed by atoms with E-state index in [1.54, 1.807) is 63.9 Å². The number of carbonyl (C=O) groups is 3. The van der Waals surface area contributed by atoms with E-state index in [0.717, 1.165) is 77.0 Å². The molecule has 25 nitrogen and oxygen atoms in total. The number of hydrogen-bond donors (Lipinski definition) is 7. The minimum absolute atomic E-state index is 0. The summed E-state index contributed by atoms with van der Waals surface area (Å²) in [7, 11) is -7.97. The largest absolute Gasteiger partial charge is 0.461 e. The normalized spacial score (nSPS) is 18.9. The molecule has 3 aliphatic carbocycles. The zero-order valence-corrected chi connectivity index (χ0v) is 53.2. The van der Waals surface area contributed by atoms with Crippen LogP contribution >= 0.6 is 26.6 Å². The standard InChI is InChI=1S/C33H56N7O6P.C12H21ClO2.C9H14N5O4P.H3N/c1-22(18-40-20-37-25-26(34)35-19-36-27(25)40)44-21-47(43,38-32(6,7)28(41)45-23-10-14-30(2,3)15-11-23)39-33(8,9)29(42)46-24-12-16-31(4,5)17-13-24;1-11(2)7-5-9(6-8-11)15-10(14)12(3,4)13;1-6(18-5-19(15,16)17)2-14-4-13-7-8(10)11-3-12-9(7)14;/h19-20,22-24H,10-18,21H2,1-9H3,(H2,34,35,36)(H2,38,39,43);9H,5-8H2,1-4H3;3-4,6H,2,5H2,1H3,(H2,10,11,12)(H2,15,16,17);1H3/t22-;;6-;/m1.1./s1. The topological polar surface area (TPSA) is 370 Å². The molecule has 3 aliphatic rings. The van der Waals surface area contributed by atoms with E-state index in [1.165, 1.54) is 19.0 Å². The van der Waals surface area contributed by atoms with Crippen molar-refractivity contribution in [3.8, 4) is 0 Å². The van der Waals surface area contributed by atoms with Gasteiger partial charge in [-0.25, -0.2) is 40.1 Å². The first-order chi connectivity index (χ1) is 37.3. The van der Waals surface area contributed by atoms with Crippen molar-refractivity contribution >= 4 is 78.5 Å². The molecule has 0 saturated heterocycles. The van der Waals surface area contributed by atoms with E-state index >= 15 is 0 Å². The van der Waals surface area contributed by atoms with Gasteiger partial charge in [0.2, 0.25) is 7.44 Å². The number of esters is 3. The fourth-order valence-electron chi connectivity index (χ4n) is 9.63. The molecule has 3 fully saturated rings. The minimum atomic E-state index is -4.16. The van der Waals surface area contributed by atoms with Crippen molar-refractivity contribution in [1.29, 1.82) is 0 Å². The molecule has 0 amide bonds. The van der Waals surface area contributed by atoms with Gasteiger partial charge in [-0.2, -0.15) is 0 Å².